The van der Waals surface area contributed by atoms with Gasteiger partial charge in [0, 0.05) is 19.4 Å². The van der Waals surface area contributed by atoms with Crippen LogP contribution < -0.4 is 5.32 Å². The van der Waals surface area contributed by atoms with Gasteiger partial charge in [0.25, 0.3) is 0 Å². The highest BCUT2D eigenvalue weighted by Crippen LogP contribution is 2.13. The molecule has 0 bridgehead atoms. The maximum absolute atomic E-state index is 11.9. The van der Waals surface area contributed by atoms with Crippen molar-refractivity contribution in [1.29, 1.82) is 0 Å². The Morgan fingerprint density at radius 1 is 0.774 bits per heavy atom. The number of carbonyl (C=O) groups excluding carboxylic acids is 1. The molecule has 0 aliphatic heterocycles. The zero-order valence-electron chi connectivity index (χ0n) is 21.2. The first-order chi connectivity index (χ1) is 14.9. The zero-order chi connectivity index (χ0) is 23.2. The first-order valence-corrected chi connectivity index (χ1v) is 13.3. The van der Waals surface area contributed by atoms with Crippen molar-refractivity contribution in [1.82, 2.24) is 5.32 Å². The summed E-state index contributed by atoms with van der Waals surface area (Å²) in [5.74, 6) is 0.162. The van der Waals surface area contributed by atoms with E-state index in [1.807, 2.05) is 14.1 Å². The fourth-order valence-corrected chi connectivity index (χ4v) is 4.20. The van der Waals surface area contributed by atoms with E-state index < -0.39 is 6.10 Å². The molecular weight excluding hydrogens is 388 g/mol. The average Bonchev–Trinajstić information content (AvgIpc) is 2.73. The summed E-state index contributed by atoms with van der Waals surface area (Å²) in [7, 11) is 4.08. The molecule has 3 N–H and O–H groups in total. The number of likely N-dealkylation sites (N-methyl/N-ethyl adjacent to an activating group) is 1. The predicted octanol–water partition coefficient (Wildman–Crippen LogP) is 5.18. The van der Waals surface area contributed by atoms with Gasteiger partial charge in [-0.3, -0.25) is 4.79 Å². The van der Waals surface area contributed by atoms with E-state index in [4.69, 9.17) is 5.11 Å². The number of nitrogens with zero attached hydrogens (tertiary/aromatic N) is 1. The van der Waals surface area contributed by atoms with Crippen LogP contribution in [0.25, 0.3) is 0 Å². The minimum atomic E-state index is -0.672. The summed E-state index contributed by atoms with van der Waals surface area (Å²) < 4.78 is 0.649. The molecule has 5 nitrogen and oxygen atoms in total. The lowest BCUT2D eigenvalue weighted by Crippen LogP contribution is -2.47. The summed E-state index contributed by atoms with van der Waals surface area (Å²) in [6, 6.07) is 0. The first-order valence-electron chi connectivity index (χ1n) is 13.3. The second kappa shape index (κ2) is 21.2. The number of aliphatic hydroxyl groups is 2. The molecule has 5 heteroatoms. The van der Waals surface area contributed by atoms with Gasteiger partial charge in [-0.05, 0) is 6.42 Å². The van der Waals surface area contributed by atoms with Crippen LogP contribution in [0.2, 0.25) is 0 Å². The van der Waals surface area contributed by atoms with Crippen LogP contribution in [0.4, 0.5) is 0 Å². The quantitative estimate of drug-likeness (QED) is 0.150. The normalized spacial score (nSPS) is 12.8. The number of amides is 1. The van der Waals surface area contributed by atoms with Gasteiger partial charge in [-0.1, -0.05) is 96.8 Å². The van der Waals surface area contributed by atoms with Gasteiger partial charge in [0.05, 0.1) is 27.2 Å². The Bertz CT molecular complexity index is 402. The van der Waals surface area contributed by atoms with Gasteiger partial charge in [0.15, 0.2) is 0 Å². The van der Waals surface area contributed by atoms with Gasteiger partial charge in [0.2, 0.25) is 5.91 Å². The van der Waals surface area contributed by atoms with Crippen LogP contribution in [-0.4, -0.2) is 67.0 Å². The van der Waals surface area contributed by atoms with Crippen molar-refractivity contribution in [3.63, 3.8) is 0 Å². The molecule has 0 rings (SSSR count). The largest absolute Gasteiger partial charge is 0.393 e. The lowest BCUT2D eigenvalue weighted by Gasteiger charge is -2.31. The van der Waals surface area contributed by atoms with Crippen LogP contribution in [0, 0.1) is 0 Å². The molecule has 0 aromatic carbocycles. The Balaban J connectivity index is 3.34. The number of quaternary nitrogens is 1. The summed E-state index contributed by atoms with van der Waals surface area (Å²) in [4.78, 5) is 11.9. The van der Waals surface area contributed by atoms with Gasteiger partial charge in [-0.25, -0.2) is 0 Å². The minimum Gasteiger partial charge on any atom is -0.393 e. The maximum Gasteiger partial charge on any atom is 0.219 e. The topological polar surface area (TPSA) is 69.6 Å². The SMILES string of the molecule is CCCCCCCCCCCCCCCCCC(=O)NCCC[N+](C)(C)CC(O)CO. The summed E-state index contributed by atoms with van der Waals surface area (Å²) in [6.07, 6.45) is 21.0. The highest BCUT2D eigenvalue weighted by Gasteiger charge is 2.19. The van der Waals surface area contributed by atoms with Crippen molar-refractivity contribution in [2.45, 2.75) is 122 Å². The minimum absolute atomic E-state index is 0.162. The number of nitrogens with one attached hydrogen (secondary N) is 1. The number of hydrogen-bond acceptors (Lipinski definition) is 3. The molecule has 0 spiro atoms. The van der Waals surface area contributed by atoms with E-state index in [-0.39, 0.29) is 12.5 Å². The molecule has 31 heavy (non-hydrogen) atoms. The second-order valence-electron chi connectivity index (χ2n) is 10.1. The molecule has 0 heterocycles. The summed E-state index contributed by atoms with van der Waals surface area (Å²) in [5, 5.41) is 21.5. The van der Waals surface area contributed by atoms with E-state index >= 15 is 0 Å². The Labute approximate surface area is 193 Å². The lowest BCUT2D eigenvalue weighted by atomic mass is 10.0. The summed E-state index contributed by atoms with van der Waals surface area (Å²) in [6.45, 7) is 4.17. The number of aliphatic hydroxyl groups excluding tert-OH is 2. The molecule has 0 saturated carbocycles. The van der Waals surface area contributed by atoms with Crippen LogP contribution in [0.5, 0.6) is 0 Å². The third kappa shape index (κ3) is 22.3. The third-order valence-corrected chi connectivity index (χ3v) is 6.19. The van der Waals surface area contributed by atoms with Gasteiger partial charge < -0.3 is 20.0 Å². The number of carbonyl (C=O) groups is 1. The highest BCUT2D eigenvalue weighted by atomic mass is 16.3. The van der Waals surface area contributed by atoms with E-state index in [9.17, 15) is 9.90 Å². The van der Waals surface area contributed by atoms with Crippen molar-refractivity contribution in [2.75, 3.05) is 40.3 Å². The Morgan fingerprint density at radius 2 is 1.23 bits per heavy atom. The Kier molecular flexibility index (Phi) is 20.8. The molecule has 0 aromatic heterocycles. The van der Waals surface area contributed by atoms with Crippen LogP contribution in [0.15, 0.2) is 0 Å². The molecule has 0 aliphatic carbocycles. The van der Waals surface area contributed by atoms with Crippen LogP contribution in [0.1, 0.15) is 116 Å². The van der Waals surface area contributed by atoms with Crippen molar-refractivity contribution >= 4 is 5.91 Å². The molecule has 0 aliphatic rings. The van der Waals surface area contributed by atoms with E-state index in [0.29, 0.717) is 24.0 Å². The maximum atomic E-state index is 11.9. The Hall–Kier alpha value is -0.650. The second-order valence-corrected chi connectivity index (χ2v) is 10.1. The number of unbranched alkanes of at least 4 members (excludes halogenated alkanes) is 14. The van der Waals surface area contributed by atoms with Crippen LogP contribution in [-0.2, 0) is 4.79 Å². The molecule has 0 saturated heterocycles. The van der Waals surface area contributed by atoms with Crippen molar-refractivity contribution in [3.8, 4) is 0 Å². The summed E-state index contributed by atoms with van der Waals surface area (Å²) >= 11 is 0. The predicted molar refractivity (Wildman–Crippen MR) is 132 cm³/mol. The Morgan fingerprint density at radius 3 is 1.68 bits per heavy atom. The van der Waals surface area contributed by atoms with Crippen LogP contribution >= 0.6 is 0 Å². The van der Waals surface area contributed by atoms with Crippen molar-refractivity contribution in [3.05, 3.63) is 0 Å². The molecule has 1 atom stereocenters. The molecule has 1 unspecified atom stereocenters. The van der Waals surface area contributed by atoms with Crippen LogP contribution in [0.3, 0.4) is 0 Å². The van der Waals surface area contributed by atoms with E-state index in [2.05, 4.69) is 12.2 Å². The third-order valence-electron chi connectivity index (χ3n) is 6.19. The van der Waals surface area contributed by atoms with Gasteiger partial charge in [-0.15, -0.1) is 0 Å². The van der Waals surface area contributed by atoms with E-state index in [1.54, 1.807) is 0 Å². The van der Waals surface area contributed by atoms with Gasteiger partial charge in [-0.2, -0.15) is 0 Å². The fourth-order valence-electron chi connectivity index (χ4n) is 4.20. The smallest absolute Gasteiger partial charge is 0.219 e. The molecular formula is C26H55N2O3+. The van der Waals surface area contributed by atoms with Crippen molar-refractivity contribution < 1.29 is 19.5 Å². The summed E-state index contributed by atoms with van der Waals surface area (Å²) in [5.41, 5.74) is 0. The fraction of sp³-hybridized carbons (Fsp3) is 0.962. The average molecular weight is 444 g/mol. The molecule has 0 fully saturated rings. The standard InChI is InChI=1S/C26H54N2O3/c1-4-5-6-7-8-9-10-11-12-13-14-15-16-17-18-20-26(31)27-21-19-22-28(2,3)23-25(30)24-29/h25,29-30H,4-24H2,1-3H3/p+1. The monoisotopic (exact) mass is 443 g/mol. The number of hydrogen-bond donors (Lipinski definition) is 3. The number of rotatable bonds is 23. The molecule has 1 amide bonds. The molecule has 186 valence electrons. The molecule has 0 radical (unpaired) electrons. The lowest BCUT2D eigenvalue weighted by molar-refractivity contribution is -0.893. The highest BCUT2D eigenvalue weighted by molar-refractivity contribution is 5.75. The van der Waals surface area contributed by atoms with Gasteiger partial charge in [0.1, 0.15) is 12.6 Å². The van der Waals surface area contributed by atoms with Gasteiger partial charge >= 0.3 is 0 Å². The zero-order valence-corrected chi connectivity index (χ0v) is 21.2. The van der Waals surface area contributed by atoms with Crippen molar-refractivity contribution in [2.24, 2.45) is 0 Å². The molecule has 0 aromatic rings. The van der Waals surface area contributed by atoms with E-state index in [1.165, 1.54) is 83.5 Å². The first kappa shape index (κ1) is 30.4. The van der Waals surface area contributed by atoms with E-state index in [0.717, 1.165) is 25.8 Å².